The Kier molecular flexibility index (Phi) is 8.58. The molecule has 1 saturated heterocycles. The molecule has 4 rings (SSSR count). The van der Waals surface area contributed by atoms with Gasteiger partial charge in [-0.2, -0.15) is 13.2 Å². The van der Waals surface area contributed by atoms with Gasteiger partial charge in [0.1, 0.15) is 0 Å². The number of amides is 2. The predicted octanol–water partition coefficient (Wildman–Crippen LogP) is 5.73. The molecule has 3 aromatic rings. The van der Waals surface area contributed by atoms with E-state index in [-0.39, 0.29) is 17.4 Å². The third-order valence-corrected chi connectivity index (χ3v) is 7.19. The summed E-state index contributed by atoms with van der Waals surface area (Å²) in [7, 11) is 1.61. The van der Waals surface area contributed by atoms with E-state index >= 15 is 0 Å². The van der Waals surface area contributed by atoms with Crippen LogP contribution in [0.4, 0.5) is 22.0 Å². The first-order valence-electron chi connectivity index (χ1n) is 12.6. The molecule has 2 heterocycles. The van der Waals surface area contributed by atoms with Crippen molar-refractivity contribution in [2.45, 2.75) is 51.4 Å². The number of nitrogens with zero attached hydrogens (tertiary/aromatic N) is 2. The Hall–Kier alpha value is -3.47. The highest BCUT2D eigenvalue weighted by atomic mass is 19.4. The number of nitrogens with one attached hydrogen (secondary N) is 1. The number of aromatic nitrogens is 1. The minimum absolute atomic E-state index is 0.141. The molecule has 1 N–H and O–H groups in total. The predicted molar refractivity (Wildman–Crippen MR) is 136 cm³/mol. The molecule has 0 radical (unpaired) electrons. The second kappa shape index (κ2) is 11.7. The van der Waals surface area contributed by atoms with Crippen molar-refractivity contribution >= 4 is 22.7 Å². The normalized spacial score (nSPS) is 14.8. The largest absolute Gasteiger partial charge is 0.471 e. The quantitative estimate of drug-likeness (QED) is 0.364. The molecule has 0 spiro atoms. The van der Waals surface area contributed by atoms with E-state index in [9.17, 15) is 31.5 Å². The molecule has 0 atom stereocenters. The van der Waals surface area contributed by atoms with E-state index in [1.54, 1.807) is 17.3 Å². The summed E-state index contributed by atoms with van der Waals surface area (Å²) in [5.41, 5.74) is 3.00. The number of para-hydroxylation sites is 1. The summed E-state index contributed by atoms with van der Waals surface area (Å²) >= 11 is 0. The topological polar surface area (TPSA) is 63.6 Å². The van der Waals surface area contributed by atoms with E-state index in [4.69, 9.17) is 4.74 Å². The third-order valence-electron chi connectivity index (χ3n) is 7.19. The third kappa shape index (κ3) is 6.24. The number of ether oxygens (including phenoxy) is 1. The van der Waals surface area contributed by atoms with Gasteiger partial charge in [-0.15, -0.1) is 0 Å². The summed E-state index contributed by atoms with van der Waals surface area (Å²) in [4.78, 5) is 26.4. The summed E-state index contributed by atoms with van der Waals surface area (Å²) in [6, 6.07) is 9.72. The number of hydrogen-bond donors (Lipinski definition) is 1. The number of benzene rings is 2. The van der Waals surface area contributed by atoms with Gasteiger partial charge in [-0.25, -0.2) is 8.78 Å². The van der Waals surface area contributed by atoms with Crippen molar-refractivity contribution in [2.75, 3.05) is 26.8 Å². The van der Waals surface area contributed by atoms with Crippen LogP contribution in [-0.2, 0) is 22.6 Å². The van der Waals surface area contributed by atoms with Gasteiger partial charge in [0.2, 0.25) is 0 Å². The van der Waals surface area contributed by atoms with Crippen molar-refractivity contribution in [1.82, 2.24) is 14.8 Å². The van der Waals surface area contributed by atoms with Crippen LogP contribution in [-0.4, -0.2) is 54.3 Å². The number of hydrogen-bond acceptors (Lipinski definition) is 3. The Balaban J connectivity index is 1.51. The van der Waals surface area contributed by atoms with Crippen LogP contribution in [0.1, 0.15) is 57.8 Å². The Morgan fingerprint density at radius 1 is 1.13 bits per heavy atom. The number of rotatable bonds is 8. The number of carbonyl (C=O) groups excluding carboxylic acids is 2. The van der Waals surface area contributed by atoms with Crippen molar-refractivity contribution in [3.05, 3.63) is 70.4 Å². The first-order valence-corrected chi connectivity index (χ1v) is 12.6. The molecule has 2 amide bonds. The fourth-order valence-corrected chi connectivity index (χ4v) is 5.22. The van der Waals surface area contributed by atoms with Crippen molar-refractivity contribution in [3.63, 3.8) is 0 Å². The number of piperidine rings is 1. The lowest BCUT2D eigenvalue weighted by Crippen LogP contribution is -2.38. The van der Waals surface area contributed by atoms with E-state index in [1.165, 1.54) is 18.2 Å². The molecule has 0 saturated carbocycles. The van der Waals surface area contributed by atoms with Gasteiger partial charge in [0.25, 0.3) is 12.3 Å². The molecule has 1 aliphatic rings. The zero-order valence-corrected chi connectivity index (χ0v) is 21.7. The fourth-order valence-electron chi connectivity index (χ4n) is 5.22. The van der Waals surface area contributed by atoms with Crippen LogP contribution >= 0.6 is 0 Å². The Bertz CT molecular complexity index is 1340. The molecule has 0 aliphatic carbocycles. The van der Waals surface area contributed by atoms with Crippen LogP contribution in [0.25, 0.3) is 10.9 Å². The monoisotopic (exact) mass is 551 g/mol. The van der Waals surface area contributed by atoms with E-state index in [2.05, 4.69) is 0 Å². The summed E-state index contributed by atoms with van der Waals surface area (Å²) < 4.78 is 72.4. The number of methoxy groups -OCH3 is 1. The van der Waals surface area contributed by atoms with Crippen LogP contribution in [0, 0.1) is 6.92 Å². The Morgan fingerprint density at radius 2 is 1.85 bits per heavy atom. The molecular weight excluding hydrogens is 521 g/mol. The van der Waals surface area contributed by atoms with Gasteiger partial charge in [0.15, 0.2) is 0 Å². The van der Waals surface area contributed by atoms with Crippen LogP contribution in [0.2, 0.25) is 0 Å². The summed E-state index contributed by atoms with van der Waals surface area (Å²) in [6.07, 6.45) is -5.12. The average Bonchev–Trinajstić information content (AvgIpc) is 3.29. The maximum atomic E-state index is 13.8. The number of alkyl halides is 5. The zero-order chi connectivity index (χ0) is 28.3. The van der Waals surface area contributed by atoms with E-state index < -0.39 is 25.1 Å². The molecule has 210 valence electrons. The highest BCUT2D eigenvalue weighted by molar-refractivity contribution is 6.07. The SMILES string of the molecule is COCCn1cc(C(=O)N2CCC(c3cc(CNC(=O)C(F)(F)F)ccc3C(F)F)CC2)c2cccc(C)c21. The lowest BCUT2D eigenvalue weighted by molar-refractivity contribution is -0.173. The van der Waals surface area contributed by atoms with Gasteiger partial charge in [0, 0.05) is 50.4 Å². The maximum Gasteiger partial charge on any atom is 0.471 e. The summed E-state index contributed by atoms with van der Waals surface area (Å²) in [5.74, 6) is -2.54. The number of halogens is 5. The standard InChI is InChI=1S/C28H30F5N3O3/c1-17-4-3-5-20-23(16-36(24(17)20)12-13-39-2)26(37)35-10-8-19(9-11-35)22-14-18(6-7-21(22)25(29)30)15-34-27(38)28(31,32)33/h3-7,14,16,19,25H,8-13,15H2,1-2H3,(H,34,38). The number of carbonyl (C=O) groups is 2. The van der Waals surface area contributed by atoms with Gasteiger partial charge >= 0.3 is 12.1 Å². The lowest BCUT2D eigenvalue weighted by atomic mass is 9.85. The highest BCUT2D eigenvalue weighted by Gasteiger charge is 2.38. The molecule has 0 unspecified atom stereocenters. The van der Waals surface area contributed by atoms with Crippen LogP contribution in [0.15, 0.2) is 42.6 Å². The first-order chi connectivity index (χ1) is 18.5. The van der Waals surface area contributed by atoms with E-state index in [1.807, 2.05) is 35.9 Å². The van der Waals surface area contributed by atoms with Crippen molar-refractivity contribution < 1.29 is 36.3 Å². The Morgan fingerprint density at radius 3 is 2.49 bits per heavy atom. The van der Waals surface area contributed by atoms with E-state index in [0.29, 0.717) is 55.8 Å². The molecule has 2 aromatic carbocycles. The van der Waals surface area contributed by atoms with Crippen molar-refractivity contribution in [2.24, 2.45) is 0 Å². The summed E-state index contributed by atoms with van der Waals surface area (Å²) in [5, 5.41) is 2.62. The van der Waals surface area contributed by atoms with Crippen LogP contribution < -0.4 is 5.32 Å². The molecule has 6 nitrogen and oxygen atoms in total. The number of likely N-dealkylation sites (tertiary alicyclic amines) is 1. The minimum Gasteiger partial charge on any atom is -0.383 e. The van der Waals surface area contributed by atoms with Crippen LogP contribution in [0.3, 0.4) is 0 Å². The molecular formula is C28H30F5N3O3. The van der Waals surface area contributed by atoms with Gasteiger partial charge in [-0.3, -0.25) is 9.59 Å². The van der Waals surface area contributed by atoms with Crippen LogP contribution in [0.5, 0.6) is 0 Å². The zero-order valence-electron chi connectivity index (χ0n) is 21.7. The highest BCUT2D eigenvalue weighted by Crippen LogP contribution is 2.36. The second-order valence-electron chi connectivity index (χ2n) is 9.71. The second-order valence-corrected chi connectivity index (χ2v) is 9.71. The molecule has 1 aliphatic heterocycles. The van der Waals surface area contributed by atoms with Crippen molar-refractivity contribution in [3.8, 4) is 0 Å². The molecule has 1 aromatic heterocycles. The number of aryl methyl sites for hydroxylation is 1. The lowest BCUT2D eigenvalue weighted by Gasteiger charge is -2.33. The van der Waals surface area contributed by atoms with Gasteiger partial charge < -0.3 is 19.5 Å². The number of fused-ring (bicyclic) bond motifs is 1. The average molecular weight is 552 g/mol. The van der Waals surface area contributed by atoms with Gasteiger partial charge in [-0.05, 0) is 42.4 Å². The van der Waals surface area contributed by atoms with Crippen molar-refractivity contribution in [1.29, 1.82) is 0 Å². The fraction of sp³-hybridized carbons (Fsp3) is 0.429. The van der Waals surface area contributed by atoms with Gasteiger partial charge in [-0.1, -0.05) is 36.4 Å². The smallest absolute Gasteiger partial charge is 0.383 e. The van der Waals surface area contributed by atoms with Gasteiger partial charge in [0.05, 0.1) is 17.7 Å². The van der Waals surface area contributed by atoms with E-state index in [0.717, 1.165) is 16.5 Å². The molecule has 1 fully saturated rings. The molecule has 11 heteroatoms. The maximum absolute atomic E-state index is 13.8. The molecule has 39 heavy (non-hydrogen) atoms. The minimum atomic E-state index is -5.03. The Labute approximate surface area is 222 Å². The first kappa shape index (κ1) is 28.5. The molecule has 0 bridgehead atoms. The summed E-state index contributed by atoms with van der Waals surface area (Å²) in [6.45, 7) is 3.31.